The molecule has 0 saturated carbocycles. The van der Waals surface area contributed by atoms with E-state index in [9.17, 15) is 4.79 Å². The van der Waals surface area contributed by atoms with Gasteiger partial charge in [-0.05, 0) is 35.9 Å². The van der Waals surface area contributed by atoms with Gasteiger partial charge in [0.1, 0.15) is 0 Å². The number of benzene rings is 2. The van der Waals surface area contributed by atoms with E-state index < -0.39 is 0 Å². The van der Waals surface area contributed by atoms with E-state index in [0.29, 0.717) is 24.8 Å². The summed E-state index contributed by atoms with van der Waals surface area (Å²) in [7, 11) is 0. The summed E-state index contributed by atoms with van der Waals surface area (Å²) in [6.07, 6.45) is 1.69. The molecule has 0 fully saturated rings. The Morgan fingerprint density at radius 2 is 1.96 bits per heavy atom. The molecule has 0 atom stereocenters. The molecule has 0 unspecified atom stereocenters. The first kappa shape index (κ1) is 17.3. The van der Waals surface area contributed by atoms with Gasteiger partial charge in [-0.2, -0.15) is 0 Å². The minimum absolute atomic E-state index is 0.00976. The summed E-state index contributed by atoms with van der Waals surface area (Å²) in [6.45, 7) is 2.88. The lowest BCUT2D eigenvalue weighted by Gasteiger charge is -2.10. The summed E-state index contributed by atoms with van der Waals surface area (Å²) in [5.41, 5.74) is 0.883. The van der Waals surface area contributed by atoms with Crippen molar-refractivity contribution >= 4 is 28.4 Å². The maximum atomic E-state index is 12.1. The molecule has 0 saturated heterocycles. The number of hydrogen-bond acceptors (Lipinski definition) is 4. The summed E-state index contributed by atoms with van der Waals surface area (Å²) in [5.74, 6) is 0.944. The van der Waals surface area contributed by atoms with Crippen LogP contribution in [0.25, 0.3) is 10.8 Å². The van der Waals surface area contributed by atoms with Crippen molar-refractivity contribution in [2.24, 2.45) is 0 Å². The number of hydrogen-bond donors (Lipinski definition) is 1. The van der Waals surface area contributed by atoms with Gasteiger partial charge in [0.05, 0.1) is 12.4 Å². The molecule has 0 aliphatic carbocycles. The van der Waals surface area contributed by atoms with E-state index in [1.807, 2.05) is 31.2 Å². The van der Waals surface area contributed by atoms with Crippen LogP contribution in [-0.2, 0) is 11.3 Å². The van der Waals surface area contributed by atoms with Crippen molar-refractivity contribution in [2.45, 2.75) is 18.4 Å². The predicted octanol–water partition coefficient (Wildman–Crippen LogP) is 4.04. The number of carbonyl (C=O) groups excluding carboxylic acids is 1. The highest BCUT2D eigenvalue weighted by Gasteiger charge is 2.07. The third-order valence-electron chi connectivity index (χ3n) is 3.70. The highest BCUT2D eigenvalue weighted by atomic mass is 32.2. The van der Waals surface area contributed by atoms with Gasteiger partial charge in [0.15, 0.2) is 0 Å². The second kappa shape index (κ2) is 8.53. The second-order valence-corrected chi connectivity index (χ2v) is 6.52. The predicted molar refractivity (Wildman–Crippen MR) is 102 cm³/mol. The molecule has 25 heavy (non-hydrogen) atoms. The van der Waals surface area contributed by atoms with Crippen molar-refractivity contribution in [3.8, 4) is 5.88 Å². The minimum Gasteiger partial charge on any atom is -0.478 e. The van der Waals surface area contributed by atoms with Crippen molar-refractivity contribution < 1.29 is 9.53 Å². The maximum Gasteiger partial charge on any atom is 0.230 e. The molecule has 0 radical (unpaired) electrons. The number of ether oxygens (including phenoxy) is 1. The molecule has 128 valence electrons. The monoisotopic (exact) mass is 352 g/mol. The van der Waals surface area contributed by atoms with E-state index in [1.165, 1.54) is 22.5 Å². The van der Waals surface area contributed by atoms with Gasteiger partial charge in [-0.25, -0.2) is 4.98 Å². The molecular formula is C20H20N2O2S. The Morgan fingerprint density at radius 3 is 2.80 bits per heavy atom. The first-order valence-corrected chi connectivity index (χ1v) is 9.20. The van der Waals surface area contributed by atoms with E-state index >= 15 is 0 Å². The molecule has 3 rings (SSSR count). The lowest BCUT2D eigenvalue weighted by molar-refractivity contribution is -0.118. The smallest absolute Gasteiger partial charge is 0.230 e. The van der Waals surface area contributed by atoms with E-state index in [-0.39, 0.29) is 5.91 Å². The topological polar surface area (TPSA) is 51.2 Å². The second-order valence-electron chi connectivity index (χ2n) is 5.48. The van der Waals surface area contributed by atoms with Crippen LogP contribution in [0.5, 0.6) is 5.88 Å². The number of nitrogens with zero attached hydrogens (tertiary/aromatic N) is 1. The molecule has 1 aromatic heterocycles. The summed E-state index contributed by atoms with van der Waals surface area (Å²) in [6, 6.07) is 18.2. The molecule has 5 heteroatoms. The van der Waals surface area contributed by atoms with Crippen LogP contribution < -0.4 is 10.1 Å². The van der Waals surface area contributed by atoms with Crippen LogP contribution in [0.4, 0.5) is 0 Å². The normalized spacial score (nSPS) is 10.6. The van der Waals surface area contributed by atoms with Crippen LogP contribution in [0.3, 0.4) is 0 Å². The van der Waals surface area contributed by atoms with Crippen molar-refractivity contribution in [1.82, 2.24) is 10.3 Å². The summed E-state index contributed by atoms with van der Waals surface area (Å²) >= 11 is 1.53. The fourth-order valence-corrected chi connectivity index (χ4v) is 3.25. The summed E-state index contributed by atoms with van der Waals surface area (Å²) in [5, 5.41) is 5.32. The Morgan fingerprint density at radius 1 is 1.12 bits per heavy atom. The van der Waals surface area contributed by atoms with Gasteiger partial charge < -0.3 is 10.1 Å². The Bertz CT molecular complexity index is 867. The minimum atomic E-state index is -0.00976. The lowest BCUT2D eigenvalue weighted by Crippen LogP contribution is -2.25. The molecule has 0 bridgehead atoms. The highest BCUT2D eigenvalue weighted by Crippen LogP contribution is 2.23. The zero-order valence-corrected chi connectivity index (χ0v) is 14.9. The van der Waals surface area contributed by atoms with Gasteiger partial charge in [0.25, 0.3) is 0 Å². The fraction of sp³-hybridized carbons (Fsp3) is 0.200. The van der Waals surface area contributed by atoms with Gasteiger partial charge >= 0.3 is 0 Å². The first-order valence-electron chi connectivity index (χ1n) is 8.21. The maximum absolute atomic E-state index is 12.1. The van der Waals surface area contributed by atoms with E-state index in [0.717, 1.165) is 10.5 Å². The molecule has 4 nitrogen and oxygen atoms in total. The molecule has 0 aliphatic heterocycles. The van der Waals surface area contributed by atoms with Crippen molar-refractivity contribution in [3.63, 3.8) is 0 Å². The average Bonchev–Trinajstić information content (AvgIpc) is 2.66. The number of thioether (sulfide) groups is 1. The quantitative estimate of drug-likeness (QED) is 0.652. The van der Waals surface area contributed by atoms with Crippen LogP contribution >= 0.6 is 11.8 Å². The van der Waals surface area contributed by atoms with Gasteiger partial charge in [0, 0.05) is 23.2 Å². The molecular weight excluding hydrogens is 332 g/mol. The van der Waals surface area contributed by atoms with Crippen LogP contribution in [0.2, 0.25) is 0 Å². The zero-order chi connectivity index (χ0) is 17.5. The van der Waals surface area contributed by atoms with Crippen LogP contribution in [0.1, 0.15) is 12.5 Å². The van der Waals surface area contributed by atoms with E-state index in [1.54, 1.807) is 6.20 Å². The molecule has 1 N–H and O–H groups in total. The number of carbonyl (C=O) groups is 1. The fourth-order valence-electron chi connectivity index (χ4n) is 2.48. The van der Waals surface area contributed by atoms with Crippen molar-refractivity contribution in [3.05, 3.63) is 66.4 Å². The number of nitrogens with one attached hydrogen (secondary N) is 1. The Balaban J connectivity index is 1.54. The van der Waals surface area contributed by atoms with Crippen molar-refractivity contribution in [2.75, 3.05) is 12.4 Å². The Labute approximate surface area is 151 Å². The SMILES string of the molecule is CCOc1ncccc1CNC(=O)CSc1ccc2ccccc2c1. The molecule has 1 heterocycles. The Hall–Kier alpha value is -2.53. The van der Waals surface area contributed by atoms with Gasteiger partial charge in [-0.3, -0.25) is 4.79 Å². The highest BCUT2D eigenvalue weighted by molar-refractivity contribution is 8.00. The summed E-state index contributed by atoms with van der Waals surface area (Å²) in [4.78, 5) is 17.4. The number of pyridine rings is 1. The third-order valence-corrected chi connectivity index (χ3v) is 4.69. The largest absolute Gasteiger partial charge is 0.478 e. The molecule has 1 amide bonds. The standard InChI is InChI=1S/C20H20N2O2S/c1-2-24-20-17(8-5-11-21-20)13-22-19(23)14-25-18-10-9-15-6-3-4-7-16(15)12-18/h3-12H,2,13-14H2,1H3,(H,22,23). The molecule has 2 aromatic carbocycles. The van der Waals surface area contributed by atoms with Crippen molar-refractivity contribution in [1.29, 1.82) is 0 Å². The summed E-state index contributed by atoms with van der Waals surface area (Å²) < 4.78 is 5.47. The van der Waals surface area contributed by atoms with Crippen LogP contribution in [0.15, 0.2) is 65.7 Å². The van der Waals surface area contributed by atoms with E-state index in [2.05, 4.69) is 40.6 Å². The Kier molecular flexibility index (Phi) is 5.90. The van der Waals surface area contributed by atoms with Crippen LogP contribution in [0, 0.1) is 0 Å². The third kappa shape index (κ3) is 4.73. The lowest BCUT2D eigenvalue weighted by atomic mass is 10.1. The average molecular weight is 352 g/mol. The van der Waals surface area contributed by atoms with Gasteiger partial charge in [-0.1, -0.05) is 36.4 Å². The number of fused-ring (bicyclic) bond motifs is 1. The van der Waals surface area contributed by atoms with Crippen LogP contribution in [-0.4, -0.2) is 23.3 Å². The molecule has 0 spiro atoms. The van der Waals surface area contributed by atoms with Gasteiger partial charge in [0.2, 0.25) is 11.8 Å². The number of aromatic nitrogens is 1. The molecule has 3 aromatic rings. The number of rotatable bonds is 7. The zero-order valence-electron chi connectivity index (χ0n) is 14.1. The molecule has 0 aliphatic rings. The number of amides is 1. The van der Waals surface area contributed by atoms with Gasteiger partial charge in [-0.15, -0.1) is 11.8 Å². The first-order chi connectivity index (χ1) is 12.3. The van der Waals surface area contributed by atoms with E-state index in [4.69, 9.17) is 4.74 Å².